The molecule has 0 saturated carbocycles. The second-order valence-electron chi connectivity index (χ2n) is 0.856. The lowest BCUT2D eigenvalue weighted by atomic mass is 10.5. The van der Waals surface area contributed by atoms with Crippen LogP contribution in [0, 0.1) is 0 Å². The van der Waals surface area contributed by atoms with Gasteiger partial charge in [-0.15, -0.1) is 0 Å². The molecule has 0 aromatic rings. The summed E-state index contributed by atoms with van der Waals surface area (Å²) in [6.07, 6.45) is 7.07. The van der Waals surface area contributed by atoms with Crippen molar-refractivity contribution in [2.75, 3.05) is 0 Å². The number of hydrogen-bond acceptors (Lipinski definition) is 0. The molecule has 0 heterocycles. The van der Waals surface area contributed by atoms with E-state index in [1.807, 2.05) is 26.0 Å². The molecule has 0 aliphatic heterocycles. The standard InChI is InChI=1S/C6H8.C2H6.2CH4/c1-3-5-6-4-2;1-2;;/h3-6H,1-2H2;1-2H3;2*1H4/b6-5-;;;. The Morgan fingerprint density at radius 2 is 1.00 bits per heavy atom. The van der Waals surface area contributed by atoms with E-state index in [0.717, 1.165) is 0 Å². The van der Waals surface area contributed by atoms with Gasteiger partial charge >= 0.3 is 0 Å². The van der Waals surface area contributed by atoms with Crippen LogP contribution in [0.3, 0.4) is 0 Å². The second-order valence-corrected chi connectivity index (χ2v) is 0.856. The summed E-state index contributed by atoms with van der Waals surface area (Å²) in [5.41, 5.74) is 0. The first-order valence-electron chi connectivity index (χ1n) is 2.82. The van der Waals surface area contributed by atoms with Gasteiger partial charge in [0, 0.05) is 0 Å². The van der Waals surface area contributed by atoms with Crippen LogP contribution < -0.4 is 0 Å². The van der Waals surface area contributed by atoms with Crippen LogP contribution in [0.4, 0.5) is 0 Å². The first-order chi connectivity index (χ1) is 3.91. The van der Waals surface area contributed by atoms with E-state index in [-0.39, 0.29) is 14.9 Å². The summed E-state index contributed by atoms with van der Waals surface area (Å²) in [6.45, 7) is 10.9. The van der Waals surface area contributed by atoms with E-state index < -0.39 is 0 Å². The van der Waals surface area contributed by atoms with Crippen LogP contribution in [0.15, 0.2) is 37.5 Å². The highest BCUT2D eigenvalue weighted by Gasteiger charge is 1.47. The fourth-order valence-corrected chi connectivity index (χ4v) is 0.157. The fraction of sp³-hybridized carbons (Fsp3) is 0.400. The van der Waals surface area contributed by atoms with E-state index in [2.05, 4.69) is 13.2 Å². The molecule has 0 bridgehead atoms. The maximum absolute atomic E-state index is 3.46. The summed E-state index contributed by atoms with van der Waals surface area (Å²) in [7, 11) is 0. The minimum atomic E-state index is 0. The van der Waals surface area contributed by atoms with Gasteiger partial charge in [-0.25, -0.2) is 0 Å². The Labute approximate surface area is 67.0 Å². The lowest BCUT2D eigenvalue weighted by Gasteiger charge is -1.60. The minimum Gasteiger partial charge on any atom is -0.0991 e. The van der Waals surface area contributed by atoms with Gasteiger partial charge in [-0.3, -0.25) is 0 Å². The molecule has 0 fully saturated rings. The number of rotatable bonds is 2. The van der Waals surface area contributed by atoms with Gasteiger partial charge in [0.2, 0.25) is 0 Å². The monoisotopic (exact) mass is 142 g/mol. The molecular weight excluding hydrogens is 120 g/mol. The molecule has 10 heavy (non-hydrogen) atoms. The molecule has 0 nitrogen and oxygen atoms in total. The zero-order valence-corrected chi connectivity index (χ0v) is 5.72. The summed E-state index contributed by atoms with van der Waals surface area (Å²) in [4.78, 5) is 0. The van der Waals surface area contributed by atoms with Crippen molar-refractivity contribution in [2.24, 2.45) is 0 Å². The third-order valence-electron chi connectivity index (χ3n) is 0.383. The van der Waals surface area contributed by atoms with Crippen molar-refractivity contribution in [3.63, 3.8) is 0 Å². The zero-order chi connectivity index (χ0) is 6.83. The van der Waals surface area contributed by atoms with Crippen LogP contribution in [-0.4, -0.2) is 0 Å². The van der Waals surface area contributed by atoms with E-state index in [0.29, 0.717) is 0 Å². The van der Waals surface area contributed by atoms with Gasteiger partial charge in [-0.1, -0.05) is 66.2 Å². The van der Waals surface area contributed by atoms with E-state index in [9.17, 15) is 0 Å². The highest BCUT2D eigenvalue weighted by molar-refractivity contribution is 5.05. The summed E-state index contributed by atoms with van der Waals surface area (Å²) in [5, 5.41) is 0. The Morgan fingerprint density at radius 3 is 1.10 bits per heavy atom. The quantitative estimate of drug-likeness (QED) is 0.506. The molecule has 0 aromatic carbocycles. The van der Waals surface area contributed by atoms with Gasteiger partial charge in [0.15, 0.2) is 0 Å². The third-order valence-corrected chi connectivity index (χ3v) is 0.383. The SMILES string of the molecule is C.C.C=C/C=C\C=C.CC. The van der Waals surface area contributed by atoms with Crippen molar-refractivity contribution in [1.82, 2.24) is 0 Å². The molecular formula is C10H22. The maximum Gasteiger partial charge on any atom is -0.0629 e. The maximum atomic E-state index is 3.46. The molecule has 0 saturated heterocycles. The summed E-state index contributed by atoms with van der Waals surface area (Å²) >= 11 is 0. The average molecular weight is 142 g/mol. The van der Waals surface area contributed by atoms with Crippen molar-refractivity contribution < 1.29 is 0 Å². The molecule has 0 unspecified atom stereocenters. The highest BCUT2D eigenvalue weighted by Crippen LogP contribution is 1.69. The normalized spacial score (nSPS) is 5.80. The van der Waals surface area contributed by atoms with Crippen molar-refractivity contribution in [1.29, 1.82) is 0 Å². The minimum absolute atomic E-state index is 0. The Bertz CT molecular complexity index is 58.1. The van der Waals surface area contributed by atoms with Crippen LogP contribution in [0.25, 0.3) is 0 Å². The van der Waals surface area contributed by atoms with Crippen LogP contribution in [0.1, 0.15) is 28.7 Å². The lowest BCUT2D eigenvalue weighted by Crippen LogP contribution is -1.38. The Hall–Kier alpha value is -0.780. The van der Waals surface area contributed by atoms with Gasteiger partial charge in [-0.05, 0) is 0 Å². The smallest absolute Gasteiger partial charge is 0.0629 e. The summed E-state index contributed by atoms with van der Waals surface area (Å²) in [6, 6.07) is 0. The largest absolute Gasteiger partial charge is 0.0991 e. The molecule has 0 spiro atoms. The molecule has 0 heteroatoms. The van der Waals surface area contributed by atoms with Crippen molar-refractivity contribution in [3.8, 4) is 0 Å². The topological polar surface area (TPSA) is 0 Å². The predicted octanol–water partition coefficient (Wildman–Crippen LogP) is 4.21. The van der Waals surface area contributed by atoms with Crippen LogP contribution in [0.5, 0.6) is 0 Å². The van der Waals surface area contributed by atoms with Crippen LogP contribution in [-0.2, 0) is 0 Å². The average Bonchev–Trinajstić information content (AvgIpc) is 1.88. The molecule has 0 atom stereocenters. The third kappa shape index (κ3) is 56.7. The Balaban J connectivity index is -0.0000000412. The molecule has 0 N–H and O–H groups in total. The summed E-state index contributed by atoms with van der Waals surface area (Å²) in [5.74, 6) is 0. The van der Waals surface area contributed by atoms with Crippen molar-refractivity contribution in [3.05, 3.63) is 37.5 Å². The molecule has 0 aromatic heterocycles. The van der Waals surface area contributed by atoms with Gasteiger partial charge in [0.1, 0.15) is 0 Å². The Kier molecular flexibility index (Phi) is 94.5. The highest BCUT2D eigenvalue weighted by atomic mass is 13.5. The Morgan fingerprint density at radius 1 is 0.800 bits per heavy atom. The molecule has 0 aliphatic rings. The first-order valence-corrected chi connectivity index (χ1v) is 2.82. The van der Waals surface area contributed by atoms with E-state index in [1.54, 1.807) is 12.2 Å². The zero-order valence-electron chi connectivity index (χ0n) is 5.72. The van der Waals surface area contributed by atoms with Gasteiger partial charge in [-0.2, -0.15) is 0 Å². The van der Waals surface area contributed by atoms with Crippen LogP contribution in [0.2, 0.25) is 0 Å². The number of hydrogen-bond donors (Lipinski definition) is 0. The van der Waals surface area contributed by atoms with E-state index >= 15 is 0 Å². The van der Waals surface area contributed by atoms with Gasteiger partial charge < -0.3 is 0 Å². The van der Waals surface area contributed by atoms with E-state index in [1.165, 1.54) is 0 Å². The molecule has 0 rings (SSSR count). The molecule has 0 radical (unpaired) electrons. The van der Waals surface area contributed by atoms with Crippen molar-refractivity contribution in [2.45, 2.75) is 28.7 Å². The fourth-order valence-electron chi connectivity index (χ4n) is 0.157. The lowest BCUT2D eigenvalue weighted by molar-refractivity contribution is 1.50. The van der Waals surface area contributed by atoms with Gasteiger partial charge in [0.25, 0.3) is 0 Å². The molecule has 0 aliphatic carbocycles. The second kappa shape index (κ2) is 41.3. The first kappa shape index (κ1) is 22.9. The molecule has 62 valence electrons. The van der Waals surface area contributed by atoms with E-state index in [4.69, 9.17) is 0 Å². The van der Waals surface area contributed by atoms with Gasteiger partial charge in [0.05, 0.1) is 0 Å². The number of allylic oxidation sites excluding steroid dienone is 4. The summed E-state index contributed by atoms with van der Waals surface area (Å²) < 4.78 is 0. The molecule has 0 amide bonds. The van der Waals surface area contributed by atoms with Crippen molar-refractivity contribution >= 4 is 0 Å². The van der Waals surface area contributed by atoms with Crippen LogP contribution >= 0.6 is 0 Å². The predicted molar refractivity (Wildman–Crippen MR) is 54.3 cm³/mol.